The summed E-state index contributed by atoms with van der Waals surface area (Å²) >= 11 is 1.45. The molecule has 0 aliphatic carbocycles. The third kappa shape index (κ3) is 5.05. The van der Waals surface area contributed by atoms with Gasteiger partial charge in [-0.3, -0.25) is 14.7 Å². The minimum atomic E-state index is -4.01. The average molecular weight is 557 g/mol. The number of hydrogen-bond donors (Lipinski definition) is 0. The van der Waals surface area contributed by atoms with E-state index < -0.39 is 27.6 Å². The Morgan fingerprint density at radius 2 is 1.87 bits per heavy atom. The molecule has 1 saturated heterocycles. The summed E-state index contributed by atoms with van der Waals surface area (Å²) < 4.78 is 55.2. The molecular weight excluding hydrogens is 530 g/mol. The first-order valence-electron chi connectivity index (χ1n) is 12.2. The molecule has 2 aromatic heterocycles. The molecule has 0 N–H and O–H groups in total. The normalized spacial score (nSPS) is 15.2. The molecule has 5 rings (SSSR count). The molecule has 0 unspecified atom stereocenters. The van der Waals surface area contributed by atoms with E-state index in [1.807, 2.05) is 38.1 Å². The van der Waals surface area contributed by atoms with Gasteiger partial charge >= 0.3 is 0 Å². The average Bonchev–Trinajstić information content (AvgIpc) is 3.36. The van der Waals surface area contributed by atoms with Gasteiger partial charge in [0.2, 0.25) is 15.9 Å². The van der Waals surface area contributed by atoms with Crippen LogP contribution in [0.4, 0.5) is 13.9 Å². The molecule has 4 aromatic rings. The van der Waals surface area contributed by atoms with Crippen LogP contribution in [0, 0.1) is 31.4 Å². The van der Waals surface area contributed by atoms with Crippen molar-refractivity contribution >= 4 is 42.6 Å². The van der Waals surface area contributed by atoms with Crippen LogP contribution in [0.15, 0.2) is 59.8 Å². The maximum absolute atomic E-state index is 13.9. The Morgan fingerprint density at radius 1 is 1.11 bits per heavy atom. The Kier molecular flexibility index (Phi) is 7.26. The van der Waals surface area contributed by atoms with Gasteiger partial charge in [0, 0.05) is 31.4 Å². The molecule has 0 atom stereocenters. The number of aryl methyl sites for hydroxylation is 2. The molecule has 0 radical (unpaired) electrons. The predicted molar refractivity (Wildman–Crippen MR) is 142 cm³/mol. The lowest BCUT2D eigenvalue weighted by atomic mass is 9.96. The van der Waals surface area contributed by atoms with E-state index in [1.54, 1.807) is 17.3 Å². The molecule has 0 spiro atoms. The highest BCUT2D eigenvalue weighted by molar-refractivity contribution is 7.89. The van der Waals surface area contributed by atoms with Crippen LogP contribution in [-0.2, 0) is 21.4 Å². The van der Waals surface area contributed by atoms with Gasteiger partial charge < -0.3 is 0 Å². The largest absolute Gasteiger partial charge is 0.283 e. The van der Waals surface area contributed by atoms with E-state index in [1.165, 1.54) is 15.6 Å². The zero-order chi connectivity index (χ0) is 27.0. The van der Waals surface area contributed by atoms with Crippen molar-refractivity contribution in [2.45, 2.75) is 38.1 Å². The lowest BCUT2D eigenvalue weighted by Crippen LogP contribution is -2.44. The van der Waals surface area contributed by atoms with Crippen LogP contribution >= 0.6 is 11.3 Å². The smallest absolute Gasteiger partial charge is 0.243 e. The van der Waals surface area contributed by atoms with Crippen LogP contribution in [0.1, 0.15) is 29.5 Å². The minimum absolute atomic E-state index is 0.0939. The Hall–Kier alpha value is -3.28. The van der Waals surface area contributed by atoms with Crippen molar-refractivity contribution in [1.82, 2.24) is 14.3 Å². The molecule has 1 aliphatic rings. The second-order valence-electron chi connectivity index (χ2n) is 9.39. The summed E-state index contributed by atoms with van der Waals surface area (Å²) in [6, 6.07) is 10.3. The van der Waals surface area contributed by atoms with Crippen LogP contribution in [0.3, 0.4) is 0 Å². The van der Waals surface area contributed by atoms with E-state index in [4.69, 9.17) is 4.98 Å². The number of carbonyl (C=O) groups is 1. The Bertz CT molecular complexity index is 1600. The number of halogens is 2. The van der Waals surface area contributed by atoms with Gasteiger partial charge in [-0.15, -0.1) is 0 Å². The second-order valence-corrected chi connectivity index (χ2v) is 12.3. The maximum atomic E-state index is 13.9. The van der Waals surface area contributed by atoms with Crippen molar-refractivity contribution in [1.29, 1.82) is 0 Å². The SMILES string of the molecule is Cc1ccc2sc(N(Cc3cccnc3)C(=O)C3CCN(S(=O)(=O)c4ccc(F)c(F)c4)CC3)nc2c1C. The van der Waals surface area contributed by atoms with Gasteiger partial charge in [0.05, 0.1) is 21.7 Å². The minimum Gasteiger partial charge on any atom is -0.283 e. The molecule has 1 fully saturated rings. The highest BCUT2D eigenvalue weighted by atomic mass is 32.2. The number of anilines is 1. The number of aromatic nitrogens is 2. The van der Waals surface area contributed by atoms with Gasteiger partial charge in [-0.1, -0.05) is 23.5 Å². The third-order valence-corrected chi connectivity index (χ3v) is 9.90. The lowest BCUT2D eigenvalue weighted by Gasteiger charge is -2.33. The standard InChI is InChI=1S/C27H26F2N4O3S2/c1-17-5-8-24-25(18(17)2)31-27(37-24)33(16-19-4-3-11-30-15-19)26(34)20-9-12-32(13-10-20)38(35,36)21-6-7-22(28)23(29)14-21/h3-8,11,14-15,20H,9-10,12-13,16H2,1-2H3. The van der Waals surface area contributed by atoms with E-state index in [9.17, 15) is 22.0 Å². The van der Waals surface area contributed by atoms with Gasteiger partial charge in [0.1, 0.15) is 0 Å². The molecule has 7 nitrogen and oxygen atoms in total. The number of thiazole rings is 1. The van der Waals surface area contributed by atoms with Gasteiger partial charge in [0.25, 0.3) is 0 Å². The molecule has 198 valence electrons. The topological polar surface area (TPSA) is 83.5 Å². The molecule has 11 heteroatoms. The number of benzene rings is 2. The van der Waals surface area contributed by atoms with Crippen molar-refractivity contribution < 1.29 is 22.0 Å². The number of rotatable bonds is 6. The fourth-order valence-corrected chi connectivity index (χ4v) is 7.11. The molecule has 3 heterocycles. The van der Waals surface area contributed by atoms with Crippen molar-refractivity contribution in [3.8, 4) is 0 Å². The summed E-state index contributed by atoms with van der Waals surface area (Å²) in [5, 5.41) is 0.583. The van der Waals surface area contributed by atoms with Crippen LogP contribution in [0.25, 0.3) is 10.2 Å². The molecule has 2 aromatic carbocycles. The molecule has 38 heavy (non-hydrogen) atoms. The summed E-state index contributed by atoms with van der Waals surface area (Å²) in [5.74, 6) is -2.88. The maximum Gasteiger partial charge on any atom is 0.243 e. The van der Waals surface area contributed by atoms with Gasteiger partial charge in [-0.25, -0.2) is 22.2 Å². The number of carbonyl (C=O) groups excluding carboxylic acids is 1. The van der Waals surface area contributed by atoms with Crippen molar-refractivity contribution in [3.63, 3.8) is 0 Å². The van der Waals surface area contributed by atoms with Gasteiger partial charge in [0.15, 0.2) is 16.8 Å². The first-order valence-corrected chi connectivity index (χ1v) is 14.4. The quantitative estimate of drug-likeness (QED) is 0.325. The van der Waals surface area contributed by atoms with Gasteiger partial charge in [-0.2, -0.15) is 4.31 Å². The van der Waals surface area contributed by atoms with Gasteiger partial charge in [-0.05, 0) is 73.7 Å². The van der Waals surface area contributed by atoms with Crippen molar-refractivity contribution in [2.75, 3.05) is 18.0 Å². The van der Waals surface area contributed by atoms with E-state index in [2.05, 4.69) is 4.98 Å². The summed E-state index contributed by atoms with van der Waals surface area (Å²) in [7, 11) is -4.01. The molecule has 1 aliphatic heterocycles. The van der Waals surface area contributed by atoms with E-state index in [-0.39, 0.29) is 30.4 Å². The first kappa shape index (κ1) is 26.3. The molecule has 0 saturated carbocycles. The summed E-state index contributed by atoms with van der Waals surface area (Å²) in [6.07, 6.45) is 3.98. The number of amides is 1. The zero-order valence-corrected chi connectivity index (χ0v) is 22.5. The zero-order valence-electron chi connectivity index (χ0n) is 20.9. The van der Waals surface area contributed by atoms with Crippen LogP contribution in [0.5, 0.6) is 0 Å². The monoisotopic (exact) mass is 556 g/mol. The lowest BCUT2D eigenvalue weighted by molar-refractivity contribution is -0.123. The van der Waals surface area contributed by atoms with E-state index in [0.717, 1.165) is 39.0 Å². The highest BCUT2D eigenvalue weighted by Crippen LogP contribution is 2.35. The second kappa shape index (κ2) is 10.5. The number of piperidine rings is 1. The number of fused-ring (bicyclic) bond motifs is 1. The number of hydrogen-bond acceptors (Lipinski definition) is 6. The fourth-order valence-electron chi connectivity index (χ4n) is 4.59. The molecule has 1 amide bonds. The number of pyridine rings is 1. The Balaban J connectivity index is 1.39. The highest BCUT2D eigenvalue weighted by Gasteiger charge is 2.35. The summed E-state index contributed by atoms with van der Waals surface area (Å²) in [6.45, 7) is 4.51. The Labute approximate surface area is 223 Å². The Morgan fingerprint density at radius 3 is 2.55 bits per heavy atom. The predicted octanol–water partition coefficient (Wildman–Crippen LogP) is 5.22. The number of sulfonamides is 1. The first-order chi connectivity index (χ1) is 18.1. The van der Waals surface area contributed by atoms with Crippen molar-refractivity contribution in [2.24, 2.45) is 5.92 Å². The summed E-state index contributed by atoms with van der Waals surface area (Å²) in [5.41, 5.74) is 3.90. The van der Waals surface area contributed by atoms with E-state index in [0.29, 0.717) is 24.0 Å². The van der Waals surface area contributed by atoms with Crippen LogP contribution < -0.4 is 4.90 Å². The molecule has 0 bridgehead atoms. The van der Waals surface area contributed by atoms with Crippen molar-refractivity contribution in [3.05, 3.63) is 83.2 Å². The number of nitrogens with zero attached hydrogens (tertiary/aromatic N) is 4. The fraction of sp³-hybridized carbons (Fsp3) is 0.296. The summed E-state index contributed by atoms with van der Waals surface area (Å²) in [4.78, 5) is 24.2. The van der Waals surface area contributed by atoms with Crippen LogP contribution in [-0.4, -0.2) is 41.7 Å². The third-order valence-electron chi connectivity index (χ3n) is 6.97. The van der Waals surface area contributed by atoms with Crippen LogP contribution in [0.2, 0.25) is 0 Å². The molecular formula is C27H26F2N4O3S2. The van der Waals surface area contributed by atoms with E-state index >= 15 is 0 Å².